The van der Waals surface area contributed by atoms with Crippen LogP contribution in [0.1, 0.15) is 45.7 Å². The maximum Gasteiger partial charge on any atom is 0.276 e. The van der Waals surface area contributed by atoms with Gasteiger partial charge < -0.3 is 20.7 Å². The normalized spacial score (nSPS) is 14.6. The second kappa shape index (κ2) is 9.11. The Balaban J connectivity index is 1.93. The van der Waals surface area contributed by atoms with Gasteiger partial charge in [0.15, 0.2) is 11.4 Å². The van der Waals surface area contributed by atoms with Crippen LogP contribution in [0.5, 0.6) is 5.75 Å². The summed E-state index contributed by atoms with van der Waals surface area (Å²) in [6.45, 7) is 0.191. The molecule has 11 heteroatoms. The highest BCUT2D eigenvalue weighted by molar-refractivity contribution is 5.98. The summed E-state index contributed by atoms with van der Waals surface area (Å²) in [5.74, 6) is -6.06. The van der Waals surface area contributed by atoms with Crippen LogP contribution in [0.3, 0.4) is 0 Å². The molecule has 0 aliphatic carbocycles. The number of benzene rings is 1. The Morgan fingerprint density at radius 2 is 1.84 bits per heavy atom. The van der Waals surface area contributed by atoms with Gasteiger partial charge in [0.1, 0.15) is 23.0 Å². The summed E-state index contributed by atoms with van der Waals surface area (Å²) in [5, 5.41) is 12.6. The molecule has 166 valence electrons. The lowest BCUT2D eigenvalue weighted by Crippen LogP contribution is -2.37. The molecule has 3 N–H and O–H groups in total. The predicted molar refractivity (Wildman–Crippen MR) is 105 cm³/mol. The highest BCUT2D eigenvalue weighted by atomic mass is 19.1. The Kier molecular flexibility index (Phi) is 6.52. The van der Waals surface area contributed by atoms with E-state index in [1.807, 2.05) is 0 Å². The molecule has 31 heavy (non-hydrogen) atoms. The number of pyridine rings is 1. The summed E-state index contributed by atoms with van der Waals surface area (Å²) < 4.78 is 41.7. The number of carbonyl (C=O) groups excluding carboxylic acids is 2. The molecule has 0 atom stereocenters. The van der Waals surface area contributed by atoms with Gasteiger partial charge in [-0.25, -0.2) is 13.2 Å². The zero-order chi connectivity index (χ0) is 22.7. The number of halogens is 3. The quantitative estimate of drug-likeness (QED) is 0.677. The van der Waals surface area contributed by atoms with E-state index in [2.05, 4.69) is 10.7 Å². The van der Waals surface area contributed by atoms with Crippen molar-refractivity contribution < 1.29 is 27.9 Å². The van der Waals surface area contributed by atoms with E-state index < -0.39 is 58.1 Å². The Hall–Kier alpha value is -3.50. The molecule has 1 aliphatic rings. The molecule has 1 aromatic carbocycles. The monoisotopic (exact) mass is 438 g/mol. The molecule has 2 aromatic rings. The molecule has 0 saturated carbocycles. The second-order valence-electron chi connectivity index (χ2n) is 7.17. The summed E-state index contributed by atoms with van der Waals surface area (Å²) in [7, 11) is 1.53. The van der Waals surface area contributed by atoms with Crippen molar-refractivity contribution in [3.8, 4) is 5.75 Å². The number of rotatable bonds is 3. The number of hydrogen-bond acceptors (Lipinski definition) is 5. The van der Waals surface area contributed by atoms with Crippen LogP contribution >= 0.6 is 0 Å². The Morgan fingerprint density at radius 3 is 2.52 bits per heavy atom. The predicted octanol–water partition coefficient (Wildman–Crippen LogP) is 1.70. The van der Waals surface area contributed by atoms with E-state index in [1.54, 1.807) is 0 Å². The molecule has 1 aliphatic heterocycles. The minimum absolute atomic E-state index is 0.318. The first-order valence-electron chi connectivity index (χ1n) is 9.60. The lowest BCUT2D eigenvalue weighted by atomic mass is 10.1. The summed E-state index contributed by atoms with van der Waals surface area (Å²) in [6, 6.07) is 0.933. The van der Waals surface area contributed by atoms with Crippen LogP contribution in [0.4, 0.5) is 13.2 Å². The van der Waals surface area contributed by atoms with E-state index in [4.69, 9.17) is 0 Å². The summed E-state index contributed by atoms with van der Waals surface area (Å²) in [5.41, 5.74) is 0.321. The fourth-order valence-electron chi connectivity index (χ4n) is 3.23. The van der Waals surface area contributed by atoms with Crippen molar-refractivity contribution in [2.24, 2.45) is 0 Å². The molecule has 0 spiro atoms. The standard InChI is InChI=1S/C20H21F3N4O4/c1-26-6-4-2-3-5-25-27-10-13(17(28)18(29)16(27)20(26)31)19(30)24-9-12-14(22)7-11(21)8-15(12)23/h7-8,10,25,29H,2-6,9H2,1H3,(H,24,30). The topological polar surface area (TPSA) is 104 Å². The van der Waals surface area contributed by atoms with Crippen molar-refractivity contribution in [2.75, 3.05) is 25.6 Å². The Labute approximate surface area is 175 Å². The first-order chi connectivity index (χ1) is 14.7. The van der Waals surface area contributed by atoms with Crippen molar-refractivity contribution in [3.05, 3.63) is 62.8 Å². The van der Waals surface area contributed by atoms with Crippen molar-refractivity contribution in [1.82, 2.24) is 14.9 Å². The van der Waals surface area contributed by atoms with Gasteiger partial charge in [0.2, 0.25) is 5.43 Å². The van der Waals surface area contributed by atoms with Gasteiger partial charge in [0.05, 0.1) is 0 Å². The molecule has 8 nitrogen and oxygen atoms in total. The number of carbonyl (C=O) groups is 2. The van der Waals surface area contributed by atoms with Gasteiger partial charge in [-0.15, -0.1) is 0 Å². The van der Waals surface area contributed by atoms with Crippen molar-refractivity contribution in [1.29, 1.82) is 0 Å². The molecule has 0 bridgehead atoms. The van der Waals surface area contributed by atoms with E-state index in [-0.39, 0.29) is 5.69 Å². The molecule has 0 fully saturated rings. The summed E-state index contributed by atoms with van der Waals surface area (Å²) in [6.07, 6.45) is 3.40. The summed E-state index contributed by atoms with van der Waals surface area (Å²) in [4.78, 5) is 39.1. The molecule has 1 aromatic heterocycles. The number of aromatic nitrogens is 1. The first kappa shape index (κ1) is 22.2. The zero-order valence-corrected chi connectivity index (χ0v) is 16.7. The van der Waals surface area contributed by atoms with Gasteiger partial charge in [-0.05, 0) is 19.3 Å². The first-order valence-corrected chi connectivity index (χ1v) is 9.60. The molecule has 2 heterocycles. The van der Waals surface area contributed by atoms with E-state index in [0.29, 0.717) is 25.2 Å². The molecule has 3 rings (SSSR count). The van der Waals surface area contributed by atoms with Gasteiger partial charge in [0.25, 0.3) is 11.8 Å². The maximum atomic E-state index is 13.8. The lowest BCUT2D eigenvalue weighted by molar-refractivity contribution is 0.0775. The van der Waals surface area contributed by atoms with Crippen LogP contribution in [-0.2, 0) is 6.54 Å². The molecular weight excluding hydrogens is 417 g/mol. The minimum Gasteiger partial charge on any atom is -0.502 e. The van der Waals surface area contributed by atoms with Crippen LogP contribution in [0.2, 0.25) is 0 Å². The number of hydrogen-bond donors (Lipinski definition) is 3. The van der Waals surface area contributed by atoms with Gasteiger partial charge in [-0.3, -0.25) is 19.1 Å². The SMILES string of the molecule is CN1CCCCCNn2cc(C(=O)NCc3c(F)cc(F)cc3F)c(=O)c(O)c2C1=O. The van der Waals surface area contributed by atoms with Gasteiger partial charge in [-0.1, -0.05) is 0 Å². The van der Waals surface area contributed by atoms with Gasteiger partial charge in [-0.2, -0.15) is 0 Å². The lowest BCUT2D eigenvalue weighted by Gasteiger charge is -2.24. The van der Waals surface area contributed by atoms with Crippen LogP contribution in [-0.4, -0.2) is 46.6 Å². The van der Waals surface area contributed by atoms with Crippen LogP contribution in [0.25, 0.3) is 0 Å². The van der Waals surface area contributed by atoms with Gasteiger partial charge in [0, 0.05) is 50.6 Å². The Morgan fingerprint density at radius 1 is 1.16 bits per heavy atom. The number of nitrogens with zero attached hydrogens (tertiary/aromatic N) is 2. The average molecular weight is 438 g/mol. The molecular formula is C20H21F3N4O4. The van der Waals surface area contributed by atoms with E-state index in [0.717, 1.165) is 30.1 Å². The number of amides is 2. The number of nitrogens with one attached hydrogen (secondary N) is 2. The fraction of sp³-hybridized carbons (Fsp3) is 0.350. The number of aromatic hydroxyl groups is 1. The second-order valence-corrected chi connectivity index (χ2v) is 7.17. The van der Waals surface area contributed by atoms with Crippen molar-refractivity contribution in [3.63, 3.8) is 0 Å². The van der Waals surface area contributed by atoms with E-state index in [1.165, 1.54) is 11.9 Å². The zero-order valence-electron chi connectivity index (χ0n) is 16.7. The largest absolute Gasteiger partial charge is 0.502 e. The van der Waals surface area contributed by atoms with E-state index >= 15 is 0 Å². The Bertz CT molecular complexity index is 1060. The number of fused-ring (bicyclic) bond motifs is 1. The van der Waals surface area contributed by atoms with Crippen LogP contribution in [0, 0.1) is 17.5 Å². The van der Waals surface area contributed by atoms with Crippen molar-refractivity contribution >= 4 is 11.8 Å². The van der Waals surface area contributed by atoms with Crippen LogP contribution in [0.15, 0.2) is 23.1 Å². The van der Waals surface area contributed by atoms with Crippen molar-refractivity contribution in [2.45, 2.75) is 25.8 Å². The smallest absolute Gasteiger partial charge is 0.276 e. The molecule has 2 amide bonds. The third kappa shape index (κ3) is 4.65. The third-order valence-electron chi connectivity index (χ3n) is 4.96. The molecule has 0 unspecified atom stereocenters. The molecule has 0 saturated heterocycles. The van der Waals surface area contributed by atoms with Crippen LogP contribution < -0.4 is 16.2 Å². The highest BCUT2D eigenvalue weighted by Crippen LogP contribution is 2.18. The van der Waals surface area contributed by atoms with Gasteiger partial charge >= 0.3 is 0 Å². The average Bonchev–Trinajstić information content (AvgIpc) is 2.71. The third-order valence-corrected chi connectivity index (χ3v) is 4.96. The minimum atomic E-state index is -1.20. The molecule has 0 radical (unpaired) electrons. The van der Waals surface area contributed by atoms with E-state index in [9.17, 15) is 32.7 Å². The fourth-order valence-corrected chi connectivity index (χ4v) is 3.23. The highest BCUT2D eigenvalue weighted by Gasteiger charge is 2.27. The summed E-state index contributed by atoms with van der Waals surface area (Å²) >= 11 is 0. The maximum absolute atomic E-state index is 13.8.